The molecule has 6 heteroatoms. The van der Waals surface area contributed by atoms with Crippen molar-refractivity contribution in [2.75, 3.05) is 37.5 Å². The number of carbonyl (C=O) groups excluding carboxylic acids is 2. The van der Waals surface area contributed by atoms with Crippen molar-refractivity contribution < 1.29 is 14.3 Å². The van der Waals surface area contributed by atoms with Crippen LogP contribution in [0.25, 0.3) is 0 Å². The number of methoxy groups -OCH3 is 1. The first kappa shape index (κ1) is 21.6. The molecule has 1 aliphatic heterocycles. The van der Waals surface area contributed by atoms with E-state index in [9.17, 15) is 9.59 Å². The third-order valence-corrected chi connectivity index (χ3v) is 5.55. The average Bonchev–Trinajstić information content (AvgIpc) is 2.96. The van der Waals surface area contributed by atoms with E-state index in [0.29, 0.717) is 11.4 Å². The van der Waals surface area contributed by atoms with E-state index in [0.717, 1.165) is 35.3 Å². The molecule has 2 amide bonds. The van der Waals surface area contributed by atoms with Gasteiger partial charge in [-0.1, -0.05) is 42.5 Å². The number of hydrogen-bond acceptors (Lipinski definition) is 4. The first-order valence-electron chi connectivity index (χ1n) is 10.7. The number of fused-ring (bicyclic) bond motifs is 2. The lowest BCUT2D eigenvalue weighted by molar-refractivity contribution is -0.120. The Morgan fingerprint density at radius 3 is 2.16 bits per heavy atom. The number of para-hydroxylation sites is 2. The van der Waals surface area contributed by atoms with Gasteiger partial charge >= 0.3 is 0 Å². The lowest BCUT2D eigenvalue weighted by Gasteiger charge is -2.27. The summed E-state index contributed by atoms with van der Waals surface area (Å²) in [5.41, 5.74) is 4.78. The van der Waals surface area contributed by atoms with Gasteiger partial charge in [0.25, 0.3) is 0 Å². The summed E-state index contributed by atoms with van der Waals surface area (Å²) >= 11 is 0. The second-order valence-electron chi connectivity index (χ2n) is 7.94. The number of carbonyl (C=O) groups is 2. The van der Waals surface area contributed by atoms with E-state index in [4.69, 9.17) is 4.74 Å². The molecule has 6 nitrogen and oxygen atoms in total. The molecule has 0 aliphatic carbocycles. The molecule has 4 rings (SSSR count). The van der Waals surface area contributed by atoms with Crippen LogP contribution in [0.3, 0.4) is 0 Å². The SMILES string of the molecule is COc1cccc(NC(=O)CN(C)CC(=O)N2c3ccccc3CCc3ccccc32)c1. The highest BCUT2D eigenvalue weighted by molar-refractivity contribution is 6.03. The first-order valence-corrected chi connectivity index (χ1v) is 10.7. The Morgan fingerprint density at radius 1 is 0.906 bits per heavy atom. The van der Waals surface area contributed by atoms with Crippen LogP contribution in [0.2, 0.25) is 0 Å². The largest absolute Gasteiger partial charge is 0.497 e. The Hall–Kier alpha value is -3.64. The number of ether oxygens (including phenoxy) is 1. The number of likely N-dealkylation sites (N-methyl/N-ethyl adjacent to an activating group) is 1. The van der Waals surface area contributed by atoms with Gasteiger partial charge in [0.1, 0.15) is 5.75 Å². The normalized spacial score (nSPS) is 12.5. The Labute approximate surface area is 188 Å². The minimum atomic E-state index is -0.190. The van der Waals surface area contributed by atoms with Crippen LogP contribution in [0.15, 0.2) is 72.8 Å². The molecule has 0 unspecified atom stereocenters. The molecule has 164 valence electrons. The van der Waals surface area contributed by atoms with E-state index in [1.54, 1.807) is 36.1 Å². The standard InChI is InChI=1S/C26H27N3O3/c1-28(17-25(30)27-21-10-7-11-22(16-21)32-2)18-26(31)29-23-12-5-3-8-19(23)14-15-20-9-4-6-13-24(20)29/h3-13,16H,14-15,17-18H2,1-2H3,(H,27,30). The third kappa shape index (κ3) is 4.81. The van der Waals surface area contributed by atoms with Crippen LogP contribution in [-0.4, -0.2) is 44.0 Å². The highest BCUT2D eigenvalue weighted by Gasteiger charge is 2.26. The van der Waals surface area contributed by atoms with Crippen molar-refractivity contribution >= 4 is 28.9 Å². The summed E-state index contributed by atoms with van der Waals surface area (Å²) < 4.78 is 5.19. The second kappa shape index (κ2) is 9.66. The number of aryl methyl sites for hydroxylation is 2. The summed E-state index contributed by atoms with van der Waals surface area (Å²) in [6.07, 6.45) is 1.77. The van der Waals surface area contributed by atoms with Gasteiger partial charge in [-0.25, -0.2) is 0 Å². The van der Waals surface area contributed by atoms with Gasteiger partial charge in [-0.05, 0) is 55.3 Å². The third-order valence-electron chi connectivity index (χ3n) is 5.55. The molecule has 3 aromatic rings. The summed E-state index contributed by atoms with van der Waals surface area (Å²) in [5, 5.41) is 2.86. The predicted molar refractivity (Wildman–Crippen MR) is 127 cm³/mol. The number of hydrogen-bond donors (Lipinski definition) is 1. The topological polar surface area (TPSA) is 61.9 Å². The van der Waals surface area contributed by atoms with Crippen LogP contribution in [-0.2, 0) is 22.4 Å². The van der Waals surface area contributed by atoms with E-state index in [1.165, 1.54) is 0 Å². The van der Waals surface area contributed by atoms with E-state index in [-0.39, 0.29) is 24.9 Å². The van der Waals surface area contributed by atoms with Gasteiger partial charge in [0, 0.05) is 11.8 Å². The quantitative estimate of drug-likeness (QED) is 0.643. The highest BCUT2D eigenvalue weighted by Crippen LogP contribution is 2.36. The molecule has 0 radical (unpaired) electrons. The van der Waals surface area contributed by atoms with Crippen LogP contribution in [0.5, 0.6) is 5.75 Å². The van der Waals surface area contributed by atoms with Crippen LogP contribution < -0.4 is 15.0 Å². The summed E-state index contributed by atoms with van der Waals surface area (Å²) in [7, 11) is 3.36. The Bertz CT molecular complexity index is 1080. The number of anilines is 3. The molecule has 0 spiro atoms. The first-order chi connectivity index (χ1) is 15.5. The van der Waals surface area contributed by atoms with Crippen LogP contribution in [0, 0.1) is 0 Å². The zero-order valence-corrected chi connectivity index (χ0v) is 18.4. The van der Waals surface area contributed by atoms with Crippen LogP contribution in [0.1, 0.15) is 11.1 Å². The van der Waals surface area contributed by atoms with Crippen LogP contribution >= 0.6 is 0 Å². The van der Waals surface area contributed by atoms with Crippen molar-refractivity contribution in [1.29, 1.82) is 0 Å². The lowest BCUT2D eigenvalue weighted by atomic mass is 10.0. The van der Waals surface area contributed by atoms with Crippen molar-refractivity contribution in [1.82, 2.24) is 4.90 Å². The maximum atomic E-state index is 13.4. The van der Waals surface area contributed by atoms with E-state index in [2.05, 4.69) is 17.4 Å². The molecule has 0 saturated carbocycles. The maximum Gasteiger partial charge on any atom is 0.245 e. The summed E-state index contributed by atoms with van der Waals surface area (Å²) in [6, 6.07) is 23.3. The van der Waals surface area contributed by atoms with Crippen molar-refractivity contribution in [2.24, 2.45) is 0 Å². The van der Waals surface area contributed by atoms with E-state index < -0.39 is 0 Å². The molecular weight excluding hydrogens is 402 g/mol. The Kier molecular flexibility index (Phi) is 6.52. The molecule has 1 heterocycles. The summed E-state index contributed by atoms with van der Waals surface area (Å²) in [5.74, 6) is 0.415. The fraction of sp³-hybridized carbons (Fsp3) is 0.231. The summed E-state index contributed by atoms with van der Waals surface area (Å²) in [6.45, 7) is 0.217. The molecule has 0 fully saturated rings. The molecular formula is C26H27N3O3. The molecule has 1 N–H and O–H groups in total. The van der Waals surface area contributed by atoms with Crippen molar-refractivity contribution in [2.45, 2.75) is 12.8 Å². The molecule has 0 atom stereocenters. The van der Waals surface area contributed by atoms with Crippen molar-refractivity contribution in [3.05, 3.63) is 83.9 Å². The van der Waals surface area contributed by atoms with E-state index >= 15 is 0 Å². The molecule has 0 aromatic heterocycles. The minimum Gasteiger partial charge on any atom is -0.497 e. The van der Waals surface area contributed by atoms with E-state index in [1.807, 2.05) is 48.5 Å². The number of amides is 2. The van der Waals surface area contributed by atoms with Gasteiger partial charge < -0.3 is 10.1 Å². The van der Waals surface area contributed by atoms with Gasteiger partial charge in [-0.15, -0.1) is 0 Å². The van der Waals surface area contributed by atoms with Crippen LogP contribution in [0.4, 0.5) is 17.1 Å². The molecule has 1 aliphatic rings. The molecule has 3 aromatic carbocycles. The number of nitrogens with one attached hydrogen (secondary N) is 1. The Morgan fingerprint density at radius 2 is 1.53 bits per heavy atom. The average molecular weight is 430 g/mol. The summed E-state index contributed by atoms with van der Waals surface area (Å²) in [4.78, 5) is 29.5. The highest BCUT2D eigenvalue weighted by atomic mass is 16.5. The number of benzene rings is 3. The van der Waals surface area contributed by atoms with Crippen molar-refractivity contribution in [3.63, 3.8) is 0 Å². The fourth-order valence-electron chi connectivity index (χ4n) is 4.05. The minimum absolute atomic E-state index is 0.0662. The number of rotatable bonds is 6. The van der Waals surface area contributed by atoms with Gasteiger partial charge in [0.2, 0.25) is 11.8 Å². The Balaban J connectivity index is 1.48. The van der Waals surface area contributed by atoms with Crippen molar-refractivity contribution in [3.8, 4) is 5.75 Å². The number of nitrogens with zero attached hydrogens (tertiary/aromatic N) is 2. The van der Waals surface area contributed by atoms with Gasteiger partial charge in [-0.3, -0.25) is 19.4 Å². The van der Waals surface area contributed by atoms with Gasteiger partial charge in [0.15, 0.2) is 0 Å². The molecule has 0 bridgehead atoms. The lowest BCUT2D eigenvalue weighted by Crippen LogP contribution is -2.40. The molecule has 32 heavy (non-hydrogen) atoms. The molecule has 0 saturated heterocycles. The monoisotopic (exact) mass is 429 g/mol. The van der Waals surface area contributed by atoms with Gasteiger partial charge in [-0.2, -0.15) is 0 Å². The zero-order valence-electron chi connectivity index (χ0n) is 18.4. The smallest absolute Gasteiger partial charge is 0.245 e. The zero-order chi connectivity index (χ0) is 22.5. The predicted octanol–water partition coefficient (Wildman–Crippen LogP) is 4.03. The second-order valence-corrected chi connectivity index (χ2v) is 7.94. The van der Waals surface area contributed by atoms with Gasteiger partial charge in [0.05, 0.1) is 31.6 Å². The fourth-order valence-corrected chi connectivity index (χ4v) is 4.05. The maximum absolute atomic E-state index is 13.4.